The van der Waals surface area contributed by atoms with Gasteiger partial charge in [-0.25, -0.2) is 0 Å². The van der Waals surface area contributed by atoms with Gasteiger partial charge in [-0.15, -0.1) is 0 Å². The molecular weight excluding hydrogens is 2110 g/mol. The van der Waals surface area contributed by atoms with Gasteiger partial charge in [0.15, 0.2) is 0 Å². The van der Waals surface area contributed by atoms with Crippen LogP contribution < -0.4 is 21.3 Å². The fourth-order valence-electron chi connectivity index (χ4n) is 4.62. The molecule has 8 unspecified atom stereocenters. The van der Waals surface area contributed by atoms with Crippen LogP contribution >= 0.6 is 0 Å². The molecule has 0 aliphatic heterocycles. The SMILES string of the molecule is CC(C)C(O)CN(C)C.CCN(C)CC(O)C(C)(C)C.CCN(C)CC(O)C(C)C.CCNCC(O)C(C)(C)C.CCNCC(O)C(C)C.CN(C)CC(O)C(C)(C)C.CNCC(O)C(C)(C)C.CNCC(O)C(C)C.[Nd].[Nd].[Nd].[Nd].[Nd].[Nd].[Nd].[Nd]. The third kappa shape index (κ3) is 108. The van der Waals surface area contributed by atoms with Crippen molar-refractivity contribution in [3.8, 4) is 0 Å². The molecule has 0 saturated heterocycles. The molecule has 0 aromatic rings. The van der Waals surface area contributed by atoms with Gasteiger partial charge in [0.05, 0.1) is 48.8 Å². The zero-order valence-corrected chi connectivity index (χ0v) is 86.4. The topological polar surface area (TPSA) is 223 Å². The summed E-state index contributed by atoms with van der Waals surface area (Å²) < 4.78 is 0. The molecule has 0 bridgehead atoms. The Morgan fingerprint density at radius 1 is 0.310 bits per heavy atom. The van der Waals surface area contributed by atoms with Crippen molar-refractivity contribution in [1.29, 1.82) is 0 Å². The molecule has 504 valence electrons. The summed E-state index contributed by atoms with van der Waals surface area (Å²) in [7, 11) is 15.6. The van der Waals surface area contributed by atoms with E-state index in [2.05, 4.69) is 65.7 Å². The molecular formula is C60H144N8Nd8O8. The van der Waals surface area contributed by atoms with Crippen molar-refractivity contribution < 1.29 is 368 Å². The summed E-state index contributed by atoms with van der Waals surface area (Å²) >= 11 is 0. The molecule has 24 heteroatoms. The van der Waals surface area contributed by atoms with Crippen LogP contribution in [0.1, 0.15) is 166 Å². The first-order chi connectivity index (χ1) is 34.1. The fourth-order valence-corrected chi connectivity index (χ4v) is 4.62. The molecule has 0 aromatic carbocycles. The van der Waals surface area contributed by atoms with Crippen LogP contribution in [-0.4, -0.2) is 244 Å². The molecule has 0 aromatic heterocycles. The maximum atomic E-state index is 9.65. The number of nitrogens with zero attached hydrogens (tertiary/aromatic N) is 4. The van der Waals surface area contributed by atoms with Crippen molar-refractivity contribution in [2.45, 2.75) is 215 Å². The predicted octanol–water partition coefficient (Wildman–Crippen LogP) is 6.27. The Labute approximate surface area is 787 Å². The van der Waals surface area contributed by atoms with Gasteiger partial charge in [0.25, 0.3) is 0 Å². The van der Waals surface area contributed by atoms with Gasteiger partial charge in [-0.3, -0.25) is 0 Å². The van der Waals surface area contributed by atoms with Crippen LogP contribution in [0.5, 0.6) is 0 Å². The average Bonchev–Trinajstić information content (AvgIpc) is 3.27. The Kier molecular flexibility index (Phi) is 131. The molecule has 16 nitrogen and oxygen atoms in total. The Hall–Kier alpha value is 10.2. The Balaban J connectivity index is -0.0000000444. The molecule has 0 rings (SSSR count). The van der Waals surface area contributed by atoms with Crippen LogP contribution in [0.4, 0.5) is 0 Å². The zero-order valence-electron chi connectivity index (χ0n) is 60.8. The maximum absolute atomic E-state index is 9.65. The third-order valence-corrected chi connectivity index (χ3v) is 12.2. The number of hydrogen-bond acceptors (Lipinski definition) is 16. The van der Waals surface area contributed by atoms with E-state index in [9.17, 15) is 35.7 Å². The molecule has 0 aliphatic rings. The molecule has 84 heavy (non-hydrogen) atoms. The van der Waals surface area contributed by atoms with Crippen molar-refractivity contribution in [2.24, 2.45) is 45.3 Å². The number of aliphatic hydroxyl groups is 8. The molecule has 12 N–H and O–H groups in total. The van der Waals surface area contributed by atoms with Gasteiger partial charge >= 0.3 is 0 Å². The number of likely N-dealkylation sites (N-methyl/N-ethyl adjacent to an activating group) is 8. The van der Waals surface area contributed by atoms with E-state index in [1.807, 2.05) is 198 Å². The summed E-state index contributed by atoms with van der Waals surface area (Å²) in [6.07, 6.45) is -1.69. The van der Waals surface area contributed by atoms with E-state index in [0.29, 0.717) is 49.9 Å². The van der Waals surface area contributed by atoms with Crippen molar-refractivity contribution in [3.63, 3.8) is 0 Å². The predicted molar refractivity (Wildman–Crippen MR) is 334 cm³/mol. The van der Waals surface area contributed by atoms with E-state index < -0.39 is 0 Å². The number of hydrogen-bond donors (Lipinski definition) is 12. The summed E-state index contributed by atoms with van der Waals surface area (Å²) in [4.78, 5) is 8.22. The average molecular weight is 2260 g/mol. The van der Waals surface area contributed by atoms with Crippen molar-refractivity contribution in [2.75, 3.05) is 135 Å². The van der Waals surface area contributed by atoms with Crippen molar-refractivity contribution in [3.05, 3.63) is 0 Å². The first-order valence-corrected chi connectivity index (χ1v) is 29.0. The molecule has 0 radical (unpaired) electrons. The zero-order chi connectivity index (χ0) is 62.6. The standard InChI is InChI=1S/C9H21NO.3C8H19NO.3C7H17NO.C6H15NO.8Nd/c1-6-10(5)7-8(11)9(2,3)4;1-8(2,3)7(10)6-9(4)5;1-5-9-6-7(10)8(2,3)4;1-5-9(4)6-8(10)7(2)3;1-7(2,3)6(9)5-8-4;1-6(2)7(9)5-8(3)4;1-4-8-5-7(9)6(2)3;1-5(2)6(8)4-7-3;;;;;;;;/h8,11H,6-7H2,1-5H3;7,10H,6H2,1-5H3;7,9-10H,5-6H2,1-4H3;7-8,10H,5-6H2,1-4H3;6,8-9H,5H2,1-4H3;6-7,9H,5H2,1-4H3;6-9H,4-5H2,1-3H3;5-8H,4H2,1-3H3;;;;;;;;. The number of aliphatic hydroxyl groups excluding tert-OH is 8. The Bertz CT molecular complexity index is 1200. The summed E-state index contributed by atoms with van der Waals surface area (Å²) in [6.45, 7) is 58.6. The summed E-state index contributed by atoms with van der Waals surface area (Å²) in [5, 5.41) is 86.8. The summed E-state index contributed by atoms with van der Waals surface area (Å²) in [5.41, 5.74) is 0.0128. The van der Waals surface area contributed by atoms with Crippen LogP contribution in [0, 0.1) is 372 Å². The molecule has 0 aliphatic carbocycles. The minimum absolute atomic E-state index is 0. The minimum atomic E-state index is -0.248. The van der Waals surface area contributed by atoms with E-state index in [4.69, 9.17) is 5.11 Å². The first-order valence-electron chi connectivity index (χ1n) is 29.0. The van der Waals surface area contributed by atoms with Crippen LogP contribution in [0.2, 0.25) is 0 Å². The van der Waals surface area contributed by atoms with Gasteiger partial charge in [0.1, 0.15) is 0 Å². The quantitative estimate of drug-likeness (QED) is 0.0512. The molecule has 0 fully saturated rings. The Morgan fingerprint density at radius 3 is 0.738 bits per heavy atom. The Morgan fingerprint density at radius 2 is 0.548 bits per heavy atom. The summed E-state index contributed by atoms with van der Waals surface area (Å²) in [5.74, 6) is 1.47. The van der Waals surface area contributed by atoms with E-state index in [1.54, 1.807) is 0 Å². The second kappa shape index (κ2) is 82.1. The van der Waals surface area contributed by atoms with Gasteiger partial charge in [0.2, 0.25) is 0 Å². The molecule has 0 heterocycles. The van der Waals surface area contributed by atoms with Gasteiger partial charge in [-0.2, -0.15) is 0 Å². The largest absolute Gasteiger partial charge is 0.392 e. The smallest absolute Gasteiger partial charge is 0.0715 e. The van der Waals surface area contributed by atoms with Crippen LogP contribution in [0.3, 0.4) is 0 Å². The van der Waals surface area contributed by atoms with Gasteiger partial charge in [-0.1, -0.05) is 166 Å². The van der Waals surface area contributed by atoms with Crippen molar-refractivity contribution >= 4 is 0 Å². The van der Waals surface area contributed by atoms with Crippen LogP contribution in [-0.2, 0) is 0 Å². The number of nitrogens with one attached hydrogen (secondary N) is 4. The van der Waals surface area contributed by atoms with Gasteiger partial charge in [-0.05, 0) is 128 Å². The minimum Gasteiger partial charge on any atom is -0.392 e. The first kappa shape index (κ1) is 134. The van der Waals surface area contributed by atoms with Crippen LogP contribution in [0.25, 0.3) is 0 Å². The second-order valence-corrected chi connectivity index (χ2v) is 26.7. The summed E-state index contributed by atoms with van der Waals surface area (Å²) in [6, 6.07) is 0. The normalized spacial score (nSPS) is 13.7. The molecule has 8 atom stereocenters. The molecule has 0 spiro atoms. The number of rotatable bonds is 24. The van der Waals surface area contributed by atoms with E-state index in [1.165, 1.54) is 0 Å². The van der Waals surface area contributed by atoms with Gasteiger partial charge < -0.3 is 81.7 Å². The van der Waals surface area contributed by atoms with Crippen LogP contribution in [0.15, 0.2) is 0 Å². The van der Waals surface area contributed by atoms with E-state index in [0.717, 1.165) is 52.4 Å². The fraction of sp³-hybridized carbons (Fsp3) is 1.00. The van der Waals surface area contributed by atoms with Gasteiger partial charge in [0, 0.05) is 379 Å². The molecule has 0 amide bonds. The van der Waals surface area contributed by atoms with Crippen molar-refractivity contribution in [1.82, 2.24) is 40.9 Å². The third-order valence-electron chi connectivity index (χ3n) is 12.2. The molecule has 0 saturated carbocycles. The van der Waals surface area contributed by atoms with E-state index >= 15 is 0 Å². The monoisotopic (exact) mass is 2240 g/mol. The second-order valence-electron chi connectivity index (χ2n) is 26.7. The van der Waals surface area contributed by atoms with E-state index in [-0.39, 0.29) is 397 Å². The maximum Gasteiger partial charge on any atom is 0.0715 e.